The van der Waals surface area contributed by atoms with Crippen LogP contribution in [0.2, 0.25) is 0 Å². The predicted molar refractivity (Wildman–Crippen MR) is 76.2 cm³/mol. The summed E-state index contributed by atoms with van der Waals surface area (Å²) in [6.07, 6.45) is -3.39. The number of nitrogens with two attached hydrogens (primary N) is 2. The highest BCUT2D eigenvalue weighted by Crippen LogP contribution is 2.40. The van der Waals surface area contributed by atoms with E-state index in [1.165, 1.54) is 18.2 Å². The SMILES string of the molecule is NC1N=C2C(=NC=NC2(N)c2ccccc2C(F)(F)F)S1. The maximum atomic E-state index is 13.2. The van der Waals surface area contributed by atoms with E-state index >= 15 is 0 Å². The molecule has 2 atom stereocenters. The zero-order valence-electron chi connectivity index (χ0n) is 10.5. The Labute approximate surface area is 122 Å². The molecule has 1 aromatic carbocycles. The Morgan fingerprint density at radius 1 is 1.24 bits per heavy atom. The van der Waals surface area contributed by atoms with Crippen LogP contribution in [0.1, 0.15) is 11.1 Å². The highest BCUT2D eigenvalue weighted by Gasteiger charge is 2.46. The van der Waals surface area contributed by atoms with Gasteiger partial charge >= 0.3 is 6.18 Å². The number of nitrogens with zero attached hydrogens (tertiary/aromatic N) is 3. The number of hydrogen-bond donors (Lipinski definition) is 2. The second-order valence-electron chi connectivity index (χ2n) is 4.47. The molecule has 0 spiro atoms. The van der Waals surface area contributed by atoms with Gasteiger partial charge in [-0.05, 0) is 6.07 Å². The monoisotopic (exact) mass is 313 g/mol. The molecule has 4 N–H and O–H groups in total. The molecule has 2 aliphatic heterocycles. The highest BCUT2D eigenvalue weighted by atomic mass is 32.2. The van der Waals surface area contributed by atoms with Crippen molar-refractivity contribution < 1.29 is 13.2 Å². The molecule has 2 unspecified atom stereocenters. The Morgan fingerprint density at radius 3 is 2.67 bits per heavy atom. The van der Waals surface area contributed by atoms with Crippen LogP contribution in [-0.4, -0.2) is 22.6 Å². The van der Waals surface area contributed by atoms with Crippen molar-refractivity contribution >= 4 is 28.9 Å². The van der Waals surface area contributed by atoms with Gasteiger partial charge in [-0.25, -0.2) is 9.98 Å². The van der Waals surface area contributed by atoms with Gasteiger partial charge in [0.1, 0.15) is 17.1 Å². The van der Waals surface area contributed by atoms with Gasteiger partial charge in [0.25, 0.3) is 0 Å². The lowest BCUT2D eigenvalue weighted by molar-refractivity contribution is -0.138. The van der Waals surface area contributed by atoms with E-state index in [0.29, 0.717) is 5.04 Å². The molecule has 21 heavy (non-hydrogen) atoms. The van der Waals surface area contributed by atoms with E-state index in [2.05, 4.69) is 15.0 Å². The average Bonchev–Trinajstić information content (AvgIpc) is 2.80. The molecule has 0 fully saturated rings. The Bertz CT molecular complexity index is 682. The van der Waals surface area contributed by atoms with E-state index < -0.39 is 22.9 Å². The van der Waals surface area contributed by atoms with E-state index in [9.17, 15) is 13.2 Å². The van der Waals surface area contributed by atoms with Crippen LogP contribution in [0.3, 0.4) is 0 Å². The third kappa shape index (κ3) is 2.27. The van der Waals surface area contributed by atoms with Crippen molar-refractivity contribution in [2.24, 2.45) is 26.4 Å². The Balaban J connectivity index is 2.19. The van der Waals surface area contributed by atoms with Crippen molar-refractivity contribution in [3.63, 3.8) is 0 Å². The summed E-state index contributed by atoms with van der Waals surface area (Å²) in [6, 6.07) is 5.03. The molecule has 3 rings (SSSR count). The van der Waals surface area contributed by atoms with Crippen LogP contribution in [0.5, 0.6) is 0 Å². The maximum Gasteiger partial charge on any atom is 0.416 e. The van der Waals surface area contributed by atoms with Gasteiger partial charge in [0.2, 0.25) is 0 Å². The zero-order valence-corrected chi connectivity index (χ0v) is 11.3. The maximum absolute atomic E-state index is 13.2. The minimum Gasteiger partial charge on any atom is -0.301 e. The van der Waals surface area contributed by atoms with Gasteiger partial charge in [-0.3, -0.25) is 10.7 Å². The molecule has 2 aliphatic rings. The largest absolute Gasteiger partial charge is 0.416 e. The van der Waals surface area contributed by atoms with E-state index in [4.69, 9.17) is 11.5 Å². The molecule has 0 aliphatic carbocycles. The van der Waals surface area contributed by atoms with Crippen LogP contribution in [0.25, 0.3) is 0 Å². The van der Waals surface area contributed by atoms with Crippen LogP contribution in [0, 0.1) is 0 Å². The summed E-state index contributed by atoms with van der Waals surface area (Å²) in [5.74, 6) is 0. The van der Waals surface area contributed by atoms with Crippen molar-refractivity contribution in [1.29, 1.82) is 0 Å². The third-order valence-corrected chi connectivity index (χ3v) is 4.00. The smallest absolute Gasteiger partial charge is 0.301 e. The van der Waals surface area contributed by atoms with E-state index in [-0.39, 0.29) is 11.3 Å². The average molecular weight is 313 g/mol. The van der Waals surface area contributed by atoms with Crippen molar-refractivity contribution in [2.45, 2.75) is 17.3 Å². The number of fused-ring (bicyclic) bond motifs is 1. The summed E-state index contributed by atoms with van der Waals surface area (Å²) < 4.78 is 39.6. The second-order valence-corrected chi connectivity index (χ2v) is 5.58. The first-order chi connectivity index (χ1) is 9.82. The summed E-state index contributed by atoms with van der Waals surface area (Å²) in [7, 11) is 0. The molecule has 0 saturated carbocycles. The lowest BCUT2D eigenvalue weighted by Crippen LogP contribution is -2.48. The van der Waals surface area contributed by atoms with Gasteiger partial charge in [0.15, 0.2) is 11.2 Å². The lowest BCUT2D eigenvalue weighted by Gasteiger charge is -2.29. The predicted octanol–water partition coefficient (Wildman–Crippen LogP) is 1.69. The van der Waals surface area contributed by atoms with E-state index in [1.54, 1.807) is 0 Å². The summed E-state index contributed by atoms with van der Waals surface area (Å²) in [4.78, 5) is 12.0. The molecule has 1 aromatic rings. The van der Waals surface area contributed by atoms with Crippen molar-refractivity contribution in [2.75, 3.05) is 0 Å². The molecule has 0 aromatic heterocycles. The molecular weight excluding hydrogens is 303 g/mol. The quantitative estimate of drug-likeness (QED) is 0.827. The minimum absolute atomic E-state index is 0.166. The third-order valence-electron chi connectivity index (χ3n) is 3.13. The Morgan fingerprint density at radius 2 is 1.95 bits per heavy atom. The highest BCUT2D eigenvalue weighted by molar-refractivity contribution is 8.16. The standard InChI is InChI=1S/C12H10F3N5S/c13-12(14,15)7-4-2-1-3-6(7)11(17)8-9(18-5-19-11)21-10(16)20-8/h1-5,10H,16-17H2. The molecule has 5 nitrogen and oxygen atoms in total. The van der Waals surface area contributed by atoms with Crippen LogP contribution in [0.15, 0.2) is 39.2 Å². The van der Waals surface area contributed by atoms with Crippen molar-refractivity contribution in [1.82, 2.24) is 0 Å². The van der Waals surface area contributed by atoms with Crippen LogP contribution >= 0.6 is 11.8 Å². The Hall–Kier alpha value is -1.71. The number of aliphatic imine (C=N–C) groups is 3. The summed E-state index contributed by atoms with van der Waals surface area (Å²) in [5, 5.41) is 0.400. The van der Waals surface area contributed by atoms with E-state index in [0.717, 1.165) is 24.2 Å². The number of benzene rings is 1. The summed E-state index contributed by atoms with van der Waals surface area (Å²) in [6.45, 7) is 0. The molecule has 0 amide bonds. The molecule has 0 saturated heterocycles. The summed E-state index contributed by atoms with van der Waals surface area (Å²) >= 11 is 1.13. The van der Waals surface area contributed by atoms with Gasteiger partial charge in [-0.2, -0.15) is 13.2 Å². The first-order valence-corrected chi connectivity index (χ1v) is 6.78. The zero-order chi connectivity index (χ0) is 15.3. The lowest BCUT2D eigenvalue weighted by atomic mass is 9.90. The summed E-state index contributed by atoms with van der Waals surface area (Å²) in [5.41, 5.74) is 8.60. The number of halogens is 3. The van der Waals surface area contributed by atoms with Crippen LogP contribution in [-0.2, 0) is 11.8 Å². The number of thioether (sulfide) groups is 1. The van der Waals surface area contributed by atoms with Gasteiger partial charge in [0, 0.05) is 5.56 Å². The fourth-order valence-corrected chi connectivity index (χ4v) is 3.04. The van der Waals surface area contributed by atoms with Crippen LogP contribution in [0.4, 0.5) is 13.2 Å². The van der Waals surface area contributed by atoms with Gasteiger partial charge in [-0.15, -0.1) is 0 Å². The van der Waals surface area contributed by atoms with Crippen molar-refractivity contribution in [3.05, 3.63) is 35.4 Å². The number of alkyl halides is 3. The fourth-order valence-electron chi connectivity index (χ4n) is 2.23. The molecule has 0 bridgehead atoms. The number of hydrogen-bond acceptors (Lipinski definition) is 6. The first kappa shape index (κ1) is 14.2. The Kier molecular flexibility index (Phi) is 3.15. The van der Waals surface area contributed by atoms with Gasteiger partial charge in [-0.1, -0.05) is 30.0 Å². The topological polar surface area (TPSA) is 89.1 Å². The molecule has 0 radical (unpaired) electrons. The second kappa shape index (κ2) is 4.65. The minimum atomic E-state index is -4.54. The van der Waals surface area contributed by atoms with Crippen molar-refractivity contribution in [3.8, 4) is 0 Å². The molecule has 2 heterocycles. The molecule has 110 valence electrons. The number of rotatable bonds is 1. The fraction of sp³-hybridized carbons (Fsp3) is 0.250. The van der Waals surface area contributed by atoms with Crippen LogP contribution < -0.4 is 11.5 Å². The van der Waals surface area contributed by atoms with Gasteiger partial charge in [0.05, 0.1) is 5.56 Å². The first-order valence-electron chi connectivity index (χ1n) is 5.90. The van der Waals surface area contributed by atoms with Gasteiger partial charge < -0.3 is 5.73 Å². The van der Waals surface area contributed by atoms with E-state index in [1.807, 2.05) is 0 Å². The molecule has 9 heteroatoms. The molecular formula is C12H10F3N5S. The normalized spacial score (nSPS) is 28.1.